The largest absolute Gasteiger partial charge is 0.497 e. The third kappa shape index (κ3) is 2.48. The fraction of sp³-hybridized carbons (Fsp3) is 0.211. The second kappa shape index (κ2) is 6.28. The fourth-order valence-electron chi connectivity index (χ4n) is 2.93. The Labute approximate surface area is 140 Å². The number of aromatic nitrogens is 1. The first kappa shape index (κ1) is 15.9. The molecule has 124 valence electrons. The lowest BCUT2D eigenvalue weighted by atomic mass is 10.1. The molecule has 3 rings (SSSR count). The summed E-state index contributed by atoms with van der Waals surface area (Å²) in [6, 6.07) is 13.1. The summed E-state index contributed by atoms with van der Waals surface area (Å²) < 4.78 is 17.8. The van der Waals surface area contributed by atoms with Crippen LogP contribution in [0, 0.1) is 0 Å². The average Bonchev–Trinajstić information content (AvgIpc) is 3.00. The van der Waals surface area contributed by atoms with Crippen LogP contribution in [0.1, 0.15) is 11.7 Å². The maximum Gasteiger partial charge on any atom is 0.228 e. The Morgan fingerprint density at radius 2 is 1.67 bits per heavy atom. The molecule has 0 radical (unpaired) electrons. The van der Waals surface area contributed by atoms with Gasteiger partial charge in [-0.3, -0.25) is 9.36 Å². The van der Waals surface area contributed by atoms with Gasteiger partial charge in [-0.15, -0.1) is 0 Å². The van der Waals surface area contributed by atoms with E-state index in [0.717, 1.165) is 27.9 Å². The Morgan fingerprint density at radius 3 is 2.29 bits per heavy atom. The van der Waals surface area contributed by atoms with Crippen molar-refractivity contribution in [1.29, 1.82) is 0 Å². The Bertz CT molecular complexity index is 911. The van der Waals surface area contributed by atoms with E-state index in [2.05, 4.69) is 0 Å². The van der Waals surface area contributed by atoms with Gasteiger partial charge >= 0.3 is 0 Å². The Kier molecular flexibility index (Phi) is 4.16. The van der Waals surface area contributed by atoms with E-state index >= 15 is 0 Å². The number of carbonyl (C=O) groups is 1. The predicted octanol–water partition coefficient (Wildman–Crippen LogP) is 3.99. The number of fused-ring (bicyclic) bond motifs is 1. The number of ether oxygens (including phenoxy) is 3. The van der Waals surface area contributed by atoms with Gasteiger partial charge in [-0.05, 0) is 30.3 Å². The van der Waals surface area contributed by atoms with Crippen LogP contribution >= 0.6 is 0 Å². The van der Waals surface area contributed by atoms with Crippen LogP contribution < -0.4 is 14.2 Å². The van der Waals surface area contributed by atoms with Crippen LogP contribution in [0.2, 0.25) is 0 Å². The van der Waals surface area contributed by atoms with Gasteiger partial charge in [0.2, 0.25) is 5.91 Å². The first-order valence-corrected chi connectivity index (χ1v) is 7.52. The standard InChI is InChI=1S/C19H19NO4/c1-12(21)20-16-6-5-7-18(23-3)15(16)11-17(20)14-9-8-13(22-2)10-19(14)24-4/h5-11H,1-4H3. The quantitative estimate of drug-likeness (QED) is 0.727. The van der Waals surface area contributed by atoms with Gasteiger partial charge in [0, 0.05) is 23.9 Å². The predicted molar refractivity (Wildman–Crippen MR) is 93.3 cm³/mol. The highest BCUT2D eigenvalue weighted by molar-refractivity contribution is 6.00. The molecule has 0 N–H and O–H groups in total. The third-order valence-corrected chi connectivity index (χ3v) is 4.03. The number of nitrogens with zero attached hydrogens (tertiary/aromatic N) is 1. The van der Waals surface area contributed by atoms with E-state index in [-0.39, 0.29) is 5.91 Å². The third-order valence-electron chi connectivity index (χ3n) is 4.03. The average molecular weight is 325 g/mol. The minimum Gasteiger partial charge on any atom is -0.497 e. The zero-order valence-electron chi connectivity index (χ0n) is 14.1. The molecule has 5 heteroatoms. The molecular weight excluding hydrogens is 306 g/mol. The van der Waals surface area contributed by atoms with E-state index in [1.54, 1.807) is 38.9 Å². The van der Waals surface area contributed by atoms with Gasteiger partial charge in [-0.25, -0.2) is 0 Å². The van der Waals surface area contributed by atoms with Crippen LogP contribution in [0.25, 0.3) is 22.2 Å². The number of rotatable bonds is 4. The molecule has 1 heterocycles. The maximum absolute atomic E-state index is 12.3. The summed E-state index contributed by atoms with van der Waals surface area (Å²) >= 11 is 0. The highest BCUT2D eigenvalue weighted by Crippen LogP contribution is 2.38. The van der Waals surface area contributed by atoms with Crippen molar-refractivity contribution in [2.45, 2.75) is 6.92 Å². The van der Waals surface area contributed by atoms with E-state index in [4.69, 9.17) is 14.2 Å². The zero-order valence-corrected chi connectivity index (χ0v) is 14.1. The molecule has 0 bridgehead atoms. The van der Waals surface area contributed by atoms with Crippen molar-refractivity contribution >= 4 is 16.8 Å². The van der Waals surface area contributed by atoms with Gasteiger partial charge in [-0.2, -0.15) is 0 Å². The zero-order chi connectivity index (χ0) is 17.3. The molecule has 0 spiro atoms. The minimum absolute atomic E-state index is 0.0777. The molecule has 0 saturated heterocycles. The maximum atomic E-state index is 12.3. The van der Waals surface area contributed by atoms with Crippen LogP contribution in [0.3, 0.4) is 0 Å². The number of methoxy groups -OCH3 is 3. The fourth-order valence-corrected chi connectivity index (χ4v) is 2.93. The summed E-state index contributed by atoms with van der Waals surface area (Å²) in [5.74, 6) is 1.98. The molecular formula is C19H19NO4. The molecule has 3 aromatic rings. The lowest BCUT2D eigenvalue weighted by Crippen LogP contribution is -2.07. The summed E-state index contributed by atoms with van der Waals surface area (Å²) in [6.45, 7) is 1.54. The number of hydrogen-bond donors (Lipinski definition) is 0. The van der Waals surface area contributed by atoms with Gasteiger partial charge < -0.3 is 14.2 Å². The van der Waals surface area contributed by atoms with Crippen molar-refractivity contribution < 1.29 is 19.0 Å². The molecule has 0 saturated carbocycles. The van der Waals surface area contributed by atoms with E-state index in [0.29, 0.717) is 11.5 Å². The molecule has 2 aromatic carbocycles. The number of benzene rings is 2. The Balaban J connectivity index is 2.34. The molecule has 0 aliphatic rings. The highest BCUT2D eigenvalue weighted by Gasteiger charge is 2.19. The number of hydrogen-bond acceptors (Lipinski definition) is 4. The van der Waals surface area contributed by atoms with E-state index in [9.17, 15) is 4.79 Å². The molecule has 5 nitrogen and oxygen atoms in total. The van der Waals surface area contributed by atoms with Crippen molar-refractivity contribution in [3.8, 4) is 28.5 Å². The van der Waals surface area contributed by atoms with Crippen molar-refractivity contribution in [2.75, 3.05) is 21.3 Å². The normalized spacial score (nSPS) is 10.7. The molecule has 0 unspecified atom stereocenters. The monoisotopic (exact) mass is 325 g/mol. The summed E-state index contributed by atoms with van der Waals surface area (Å²) in [4.78, 5) is 12.3. The van der Waals surface area contributed by atoms with Gasteiger partial charge in [0.25, 0.3) is 0 Å². The van der Waals surface area contributed by atoms with Crippen LogP contribution in [0.15, 0.2) is 42.5 Å². The number of carbonyl (C=O) groups excluding carboxylic acids is 1. The molecule has 1 aromatic heterocycles. The summed E-state index contributed by atoms with van der Waals surface area (Å²) in [6.07, 6.45) is 0. The van der Waals surface area contributed by atoms with Crippen molar-refractivity contribution in [3.63, 3.8) is 0 Å². The molecule has 0 aliphatic heterocycles. The van der Waals surface area contributed by atoms with Crippen LogP contribution in [0.5, 0.6) is 17.2 Å². The molecule has 0 amide bonds. The van der Waals surface area contributed by atoms with Crippen LogP contribution in [-0.2, 0) is 0 Å². The van der Waals surface area contributed by atoms with Gasteiger partial charge in [0.1, 0.15) is 17.2 Å². The first-order valence-electron chi connectivity index (χ1n) is 7.52. The second-order valence-corrected chi connectivity index (χ2v) is 5.34. The smallest absolute Gasteiger partial charge is 0.228 e. The molecule has 0 aliphatic carbocycles. The summed E-state index contributed by atoms with van der Waals surface area (Å²) in [5, 5.41) is 0.878. The van der Waals surface area contributed by atoms with E-state index in [1.807, 2.05) is 36.4 Å². The minimum atomic E-state index is -0.0777. The van der Waals surface area contributed by atoms with Gasteiger partial charge in [0.15, 0.2) is 0 Å². The van der Waals surface area contributed by atoms with Crippen molar-refractivity contribution in [2.24, 2.45) is 0 Å². The SMILES string of the molecule is COc1ccc(-c2cc3c(OC)cccc3n2C(C)=O)c(OC)c1. The van der Waals surface area contributed by atoms with E-state index < -0.39 is 0 Å². The van der Waals surface area contributed by atoms with Gasteiger partial charge in [0.05, 0.1) is 32.5 Å². The highest BCUT2D eigenvalue weighted by atomic mass is 16.5. The van der Waals surface area contributed by atoms with Crippen LogP contribution in [-0.4, -0.2) is 31.8 Å². The van der Waals surface area contributed by atoms with Gasteiger partial charge in [-0.1, -0.05) is 6.07 Å². The lowest BCUT2D eigenvalue weighted by Gasteiger charge is -2.12. The van der Waals surface area contributed by atoms with E-state index in [1.165, 1.54) is 0 Å². The summed E-state index contributed by atoms with van der Waals surface area (Å²) in [7, 11) is 4.82. The molecule has 0 fully saturated rings. The summed E-state index contributed by atoms with van der Waals surface area (Å²) in [5.41, 5.74) is 2.36. The lowest BCUT2D eigenvalue weighted by molar-refractivity contribution is 0.0943. The molecule has 24 heavy (non-hydrogen) atoms. The van der Waals surface area contributed by atoms with Crippen LogP contribution in [0.4, 0.5) is 0 Å². The van der Waals surface area contributed by atoms with Crippen molar-refractivity contribution in [3.05, 3.63) is 42.5 Å². The second-order valence-electron chi connectivity index (χ2n) is 5.34. The Morgan fingerprint density at radius 1 is 0.917 bits per heavy atom. The first-order chi connectivity index (χ1) is 11.6. The Hall–Kier alpha value is -2.95. The van der Waals surface area contributed by atoms with Crippen molar-refractivity contribution in [1.82, 2.24) is 4.57 Å². The molecule has 0 atom stereocenters. The topological polar surface area (TPSA) is 49.7 Å².